The Bertz CT molecular complexity index is 1950. The normalized spacial score (nSPS) is 14.4. The summed E-state index contributed by atoms with van der Waals surface area (Å²) in [5, 5.41) is 10.6. The lowest BCUT2D eigenvalue weighted by Gasteiger charge is -2.21. The lowest BCUT2D eigenvalue weighted by atomic mass is 9.99. The number of hydrogen-bond acceptors (Lipinski definition) is 15. The predicted molar refractivity (Wildman–Crippen MR) is 414 cm³/mol. The molecule has 0 aliphatic heterocycles. The molecule has 0 aromatic carbocycles. The summed E-state index contributed by atoms with van der Waals surface area (Å²) in [7, 11) is -9.92. The average molecular weight is 1480 g/mol. The summed E-state index contributed by atoms with van der Waals surface area (Å²) in [6, 6.07) is 0. The van der Waals surface area contributed by atoms with Crippen molar-refractivity contribution in [2.75, 3.05) is 39.6 Å². The molecule has 19 heteroatoms. The molecule has 0 aliphatic carbocycles. The van der Waals surface area contributed by atoms with Crippen LogP contribution in [0.25, 0.3) is 0 Å². The van der Waals surface area contributed by atoms with Crippen LogP contribution in [0.15, 0.2) is 0 Å². The molecule has 0 amide bonds. The second-order valence-electron chi connectivity index (χ2n) is 30.0. The van der Waals surface area contributed by atoms with Crippen LogP contribution in [0.3, 0.4) is 0 Å². The molecule has 600 valence electrons. The average Bonchev–Trinajstić information content (AvgIpc) is 0.967. The van der Waals surface area contributed by atoms with E-state index in [1.54, 1.807) is 0 Å². The molecule has 0 aromatic rings. The molecule has 0 saturated carbocycles. The third-order valence-corrected chi connectivity index (χ3v) is 21.8. The Labute approximate surface area is 619 Å². The monoisotopic (exact) mass is 1480 g/mol. The van der Waals surface area contributed by atoms with E-state index in [-0.39, 0.29) is 25.7 Å². The van der Waals surface area contributed by atoms with Crippen molar-refractivity contribution in [2.24, 2.45) is 11.8 Å². The van der Waals surface area contributed by atoms with Crippen LogP contribution >= 0.6 is 15.6 Å². The molecule has 0 fully saturated rings. The zero-order chi connectivity index (χ0) is 74.2. The second kappa shape index (κ2) is 73.6. The van der Waals surface area contributed by atoms with Gasteiger partial charge < -0.3 is 33.8 Å². The molecule has 3 N–H and O–H groups in total. The van der Waals surface area contributed by atoms with Gasteiger partial charge in [0.1, 0.15) is 19.3 Å². The first kappa shape index (κ1) is 99.1. The first-order valence-electron chi connectivity index (χ1n) is 42.6. The van der Waals surface area contributed by atoms with Gasteiger partial charge in [-0.25, -0.2) is 9.13 Å². The van der Waals surface area contributed by atoms with Gasteiger partial charge in [0.15, 0.2) is 12.2 Å². The third kappa shape index (κ3) is 73.4. The number of ether oxygens (including phenoxy) is 4. The largest absolute Gasteiger partial charge is 0.472 e. The standard InChI is InChI=1S/C82H160O17P2/c1-7-11-13-15-17-19-21-29-34-42-48-54-60-66-81(86)98-77(70-92-79(84)64-58-52-46-40-33-22-20-18-16-14-12-8-2)72-96-100(88,89)94-68-76(83)69-95-101(90,91)97-73-78(71-93-80(85)65-59-53-47-41-37-36-39-45-51-57-63-75(6)10-4)99-82(87)67-61-55-49-43-35-31-28-26-24-23-25-27-30-32-38-44-50-56-62-74(5)9-3/h74-78,83H,7-73H2,1-6H3,(H,88,89)(H,90,91)/t74?,75?,76-,77+,78+/m0/s1. The van der Waals surface area contributed by atoms with Gasteiger partial charge >= 0.3 is 39.5 Å². The lowest BCUT2D eigenvalue weighted by Crippen LogP contribution is -2.30. The van der Waals surface area contributed by atoms with Crippen LogP contribution in [0.4, 0.5) is 0 Å². The predicted octanol–water partition coefficient (Wildman–Crippen LogP) is 24.7. The van der Waals surface area contributed by atoms with E-state index in [2.05, 4.69) is 41.5 Å². The van der Waals surface area contributed by atoms with Gasteiger partial charge in [-0.05, 0) is 37.5 Å². The summed E-state index contributed by atoms with van der Waals surface area (Å²) >= 11 is 0. The first-order valence-corrected chi connectivity index (χ1v) is 45.6. The smallest absolute Gasteiger partial charge is 0.462 e. The van der Waals surface area contributed by atoms with Crippen molar-refractivity contribution < 1.29 is 80.2 Å². The molecule has 0 bridgehead atoms. The van der Waals surface area contributed by atoms with Crippen LogP contribution in [0.2, 0.25) is 0 Å². The van der Waals surface area contributed by atoms with E-state index in [1.807, 2.05) is 0 Å². The molecule has 4 unspecified atom stereocenters. The number of phosphoric acid groups is 2. The fraction of sp³-hybridized carbons (Fsp3) is 0.951. The van der Waals surface area contributed by atoms with Crippen LogP contribution in [-0.4, -0.2) is 96.7 Å². The van der Waals surface area contributed by atoms with Crippen LogP contribution in [0.1, 0.15) is 433 Å². The minimum absolute atomic E-state index is 0.108. The van der Waals surface area contributed by atoms with Crippen LogP contribution < -0.4 is 0 Å². The Morgan fingerprint density at radius 2 is 0.475 bits per heavy atom. The first-order chi connectivity index (χ1) is 48.9. The van der Waals surface area contributed by atoms with E-state index in [0.29, 0.717) is 25.7 Å². The maximum Gasteiger partial charge on any atom is 0.472 e. The Morgan fingerprint density at radius 3 is 0.703 bits per heavy atom. The molecule has 0 saturated heterocycles. The van der Waals surface area contributed by atoms with Gasteiger partial charge in [0.2, 0.25) is 0 Å². The fourth-order valence-corrected chi connectivity index (χ4v) is 14.2. The highest BCUT2D eigenvalue weighted by molar-refractivity contribution is 7.47. The van der Waals surface area contributed by atoms with Crippen molar-refractivity contribution in [3.8, 4) is 0 Å². The van der Waals surface area contributed by atoms with Crippen molar-refractivity contribution in [2.45, 2.75) is 452 Å². The fourth-order valence-electron chi connectivity index (χ4n) is 12.6. The van der Waals surface area contributed by atoms with Crippen molar-refractivity contribution in [3.63, 3.8) is 0 Å². The Kier molecular flexibility index (Phi) is 72.2. The molecular weight excluding hydrogens is 1320 g/mol. The summed E-state index contributed by atoms with van der Waals surface area (Å²) in [4.78, 5) is 73.1. The van der Waals surface area contributed by atoms with E-state index in [1.165, 1.54) is 250 Å². The summed E-state index contributed by atoms with van der Waals surface area (Å²) < 4.78 is 68.8. The van der Waals surface area contributed by atoms with E-state index < -0.39 is 97.5 Å². The summed E-state index contributed by atoms with van der Waals surface area (Å²) in [5.41, 5.74) is 0. The molecular formula is C82H160O17P2. The van der Waals surface area contributed by atoms with E-state index in [4.69, 9.17) is 37.0 Å². The lowest BCUT2D eigenvalue weighted by molar-refractivity contribution is -0.161. The Hall–Kier alpha value is -1.94. The van der Waals surface area contributed by atoms with Gasteiger partial charge in [-0.15, -0.1) is 0 Å². The highest BCUT2D eigenvalue weighted by Crippen LogP contribution is 2.45. The number of hydrogen-bond donors (Lipinski definition) is 3. The quantitative estimate of drug-likeness (QED) is 0.0222. The minimum Gasteiger partial charge on any atom is -0.462 e. The number of aliphatic hydroxyl groups is 1. The maximum absolute atomic E-state index is 13.1. The van der Waals surface area contributed by atoms with Gasteiger partial charge in [0, 0.05) is 25.7 Å². The highest BCUT2D eigenvalue weighted by atomic mass is 31.2. The Balaban J connectivity index is 5.22. The molecule has 0 radical (unpaired) electrons. The number of carbonyl (C=O) groups excluding carboxylic acids is 4. The number of phosphoric ester groups is 2. The molecule has 0 heterocycles. The van der Waals surface area contributed by atoms with E-state index >= 15 is 0 Å². The molecule has 7 atom stereocenters. The number of unbranched alkanes of at least 4 members (excludes halogenated alkanes) is 49. The number of aliphatic hydroxyl groups excluding tert-OH is 1. The molecule has 0 aliphatic rings. The van der Waals surface area contributed by atoms with Crippen LogP contribution in [0.5, 0.6) is 0 Å². The van der Waals surface area contributed by atoms with Gasteiger partial charge in [-0.1, -0.05) is 382 Å². The number of esters is 4. The SMILES string of the molecule is CCCCCCCCCCCCCCCC(=O)O[C@H](COC(=O)CCCCCCCCCCCCCC)COP(=O)(O)OC[C@H](O)COP(=O)(O)OC[C@@H](COC(=O)CCCCCCCCCCCCC(C)CC)OC(=O)CCCCCCCCCCCCCCCCCCCCC(C)CC. The highest BCUT2D eigenvalue weighted by Gasteiger charge is 2.30. The van der Waals surface area contributed by atoms with E-state index in [9.17, 15) is 43.2 Å². The van der Waals surface area contributed by atoms with Gasteiger partial charge in [0.05, 0.1) is 26.4 Å². The zero-order valence-electron chi connectivity index (χ0n) is 66.2. The number of carbonyl (C=O) groups is 4. The second-order valence-corrected chi connectivity index (χ2v) is 32.9. The van der Waals surface area contributed by atoms with Crippen molar-refractivity contribution in [1.29, 1.82) is 0 Å². The minimum atomic E-state index is -4.96. The van der Waals surface area contributed by atoms with Crippen molar-refractivity contribution >= 4 is 39.5 Å². The third-order valence-electron chi connectivity index (χ3n) is 19.9. The van der Waals surface area contributed by atoms with Gasteiger partial charge in [-0.2, -0.15) is 0 Å². The summed E-state index contributed by atoms with van der Waals surface area (Å²) in [6.45, 7) is 9.74. The molecule has 101 heavy (non-hydrogen) atoms. The zero-order valence-corrected chi connectivity index (χ0v) is 68.0. The molecule has 0 aromatic heterocycles. The van der Waals surface area contributed by atoms with E-state index in [0.717, 1.165) is 102 Å². The maximum atomic E-state index is 13.1. The van der Waals surface area contributed by atoms with Gasteiger partial charge in [-0.3, -0.25) is 37.3 Å². The molecule has 17 nitrogen and oxygen atoms in total. The van der Waals surface area contributed by atoms with Crippen molar-refractivity contribution in [1.82, 2.24) is 0 Å². The summed E-state index contributed by atoms with van der Waals surface area (Å²) in [6.07, 6.45) is 63.6. The topological polar surface area (TPSA) is 237 Å². The van der Waals surface area contributed by atoms with Crippen LogP contribution in [-0.2, 0) is 65.4 Å². The molecule has 0 spiro atoms. The Morgan fingerprint density at radius 1 is 0.277 bits per heavy atom. The van der Waals surface area contributed by atoms with Gasteiger partial charge in [0.25, 0.3) is 0 Å². The summed E-state index contributed by atoms with van der Waals surface area (Å²) in [5.74, 6) is -0.425. The molecule has 0 rings (SSSR count). The van der Waals surface area contributed by atoms with Crippen molar-refractivity contribution in [3.05, 3.63) is 0 Å². The number of rotatable bonds is 81. The van der Waals surface area contributed by atoms with Crippen LogP contribution in [0, 0.1) is 11.8 Å².